The molecular formula is C20H28N4O3S. The molecule has 8 heteroatoms. The minimum atomic E-state index is -3.54. The molecule has 0 bridgehead atoms. The van der Waals surface area contributed by atoms with Gasteiger partial charge in [0.05, 0.1) is 12.8 Å². The predicted octanol–water partition coefficient (Wildman–Crippen LogP) is 2.11. The van der Waals surface area contributed by atoms with Crippen LogP contribution in [0.5, 0.6) is 5.75 Å². The molecular weight excluding hydrogens is 376 g/mol. The summed E-state index contributed by atoms with van der Waals surface area (Å²) in [5, 5.41) is 4.24. The van der Waals surface area contributed by atoms with Gasteiger partial charge in [0.2, 0.25) is 10.0 Å². The van der Waals surface area contributed by atoms with E-state index in [1.807, 2.05) is 37.1 Å². The number of nitrogens with zero attached hydrogens (tertiary/aromatic N) is 4. The fourth-order valence-electron chi connectivity index (χ4n) is 4.24. The van der Waals surface area contributed by atoms with Gasteiger partial charge in [-0.2, -0.15) is 9.40 Å². The Hall–Kier alpha value is -1.90. The van der Waals surface area contributed by atoms with Crippen LogP contribution in [0.1, 0.15) is 25.3 Å². The molecule has 0 unspecified atom stereocenters. The summed E-state index contributed by atoms with van der Waals surface area (Å²) in [6, 6.07) is 6.98. The van der Waals surface area contributed by atoms with E-state index < -0.39 is 10.0 Å². The first-order chi connectivity index (χ1) is 13.4. The zero-order valence-corrected chi connectivity index (χ0v) is 17.4. The molecule has 0 aliphatic carbocycles. The van der Waals surface area contributed by atoms with E-state index in [1.54, 1.807) is 22.5 Å². The Bertz CT molecular complexity index is 932. The van der Waals surface area contributed by atoms with Crippen LogP contribution in [0.2, 0.25) is 0 Å². The van der Waals surface area contributed by atoms with Gasteiger partial charge in [0.15, 0.2) is 0 Å². The topological polar surface area (TPSA) is 67.7 Å². The predicted molar refractivity (Wildman–Crippen MR) is 107 cm³/mol. The number of aromatic nitrogens is 2. The van der Waals surface area contributed by atoms with E-state index >= 15 is 0 Å². The maximum Gasteiger partial charge on any atom is 0.246 e. The normalized spacial score (nSPS) is 22.2. The molecule has 0 atom stereocenters. The molecule has 1 saturated heterocycles. The highest BCUT2D eigenvalue weighted by atomic mass is 32.2. The Labute approximate surface area is 166 Å². The molecule has 1 fully saturated rings. The smallest absolute Gasteiger partial charge is 0.246 e. The Morgan fingerprint density at radius 2 is 1.96 bits per heavy atom. The van der Waals surface area contributed by atoms with Crippen molar-refractivity contribution in [1.29, 1.82) is 0 Å². The molecule has 2 aromatic rings. The van der Waals surface area contributed by atoms with Crippen molar-refractivity contribution in [2.75, 3.05) is 32.8 Å². The Morgan fingerprint density at radius 1 is 1.21 bits per heavy atom. The number of piperidine rings is 1. The summed E-state index contributed by atoms with van der Waals surface area (Å²) in [7, 11) is -1.61. The van der Waals surface area contributed by atoms with Crippen molar-refractivity contribution < 1.29 is 13.2 Å². The van der Waals surface area contributed by atoms with Crippen LogP contribution < -0.4 is 4.74 Å². The first-order valence-electron chi connectivity index (χ1n) is 9.84. The second-order valence-corrected chi connectivity index (χ2v) is 9.87. The molecule has 0 radical (unpaired) electrons. The summed E-state index contributed by atoms with van der Waals surface area (Å²) in [6.07, 6.45) is 5.79. The number of fused-ring (bicyclic) bond motifs is 1. The summed E-state index contributed by atoms with van der Waals surface area (Å²) in [6.45, 7) is 6.18. The lowest BCUT2D eigenvalue weighted by molar-refractivity contribution is 0.0333. The number of sulfonamides is 1. The summed E-state index contributed by atoms with van der Waals surface area (Å²) >= 11 is 0. The van der Waals surface area contributed by atoms with Gasteiger partial charge in [0, 0.05) is 43.9 Å². The molecule has 1 spiro atoms. The number of rotatable bonds is 3. The van der Waals surface area contributed by atoms with Gasteiger partial charge in [-0.25, -0.2) is 8.42 Å². The van der Waals surface area contributed by atoms with Crippen molar-refractivity contribution in [3.63, 3.8) is 0 Å². The monoisotopic (exact) mass is 404 g/mol. The summed E-state index contributed by atoms with van der Waals surface area (Å²) in [5.41, 5.74) is 1.06. The molecule has 2 aliphatic heterocycles. The Balaban J connectivity index is 1.53. The Kier molecular flexibility index (Phi) is 5.20. The van der Waals surface area contributed by atoms with Gasteiger partial charge in [-0.3, -0.25) is 9.58 Å². The first-order valence-corrected chi connectivity index (χ1v) is 11.3. The zero-order chi connectivity index (χ0) is 19.8. The average molecular weight is 405 g/mol. The molecule has 1 aromatic carbocycles. The van der Waals surface area contributed by atoms with E-state index in [2.05, 4.69) is 10.00 Å². The molecule has 2 aliphatic rings. The van der Waals surface area contributed by atoms with Gasteiger partial charge in [-0.1, -0.05) is 19.1 Å². The number of benzene rings is 1. The number of aryl methyl sites for hydroxylation is 1. The van der Waals surface area contributed by atoms with E-state index in [4.69, 9.17) is 4.74 Å². The van der Waals surface area contributed by atoms with Crippen LogP contribution in [-0.4, -0.2) is 60.2 Å². The van der Waals surface area contributed by atoms with Gasteiger partial charge in [0.1, 0.15) is 10.6 Å². The molecule has 0 N–H and O–H groups in total. The largest absolute Gasteiger partial charge is 0.492 e. The van der Waals surface area contributed by atoms with E-state index in [0.717, 1.165) is 32.5 Å². The number of para-hydroxylation sites is 1. The fourth-order valence-corrected chi connectivity index (χ4v) is 5.93. The van der Waals surface area contributed by atoms with Crippen molar-refractivity contribution in [2.45, 2.75) is 31.2 Å². The number of ether oxygens (including phenoxy) is 1. The second-order valence-electron chi connectivity index (χ2n) is 7.97. The number of hydrogen-bond donors (Lipinski definition) is 0. The van der Waals surface area contributed by atoms with Gasteiger partial charge in [0.25, 0.3) is 0 Å². The third kappa shape index (κ3) is 3.68. The zero-order valence-electron chi connectivity index (χ0n) is 16.5. The lowest BCUT2D eigenvalue weighted by Crippen LogP contribution is -2.51. The molecule has 1 aromatic heterocycles. The third-order valence-electron chi connectivity index (χ3n) is 5.95. The number of hydrogen-bond acceptors (Lipinski definition) is 5. The van der Waals surface area contributed by atoms with Crippen molar-refractivity contribution in [3.8, 4) is 5.75 Å². The van der Waals surface area contributed by atoms with Crippen LogP contribution in [0.25, 0.3) is 0 Å². The van der Waals surface area contributed by atoms with Crippen LogP contribution in [0, 0.1) is 5.41 Å². The van der Waals surface area contributed by atoms with Crippen LogP contribution in [0.15, 0.2) is 41.6 Å². The highest BCUT2D eigenvalue weighted by molar-refractivity contribution is 7.89. The molecule has 7 nitrogen and oxygen atoms in total. The van der Waals surface area contributed by atoms with Crippen molar-refractivity contribution in [2.24, 2.45) is 12.5 Å². The molecule has 152 valence electrons. The van der Waals surface area contributed by atoms with E-state index in [9.17, 15) is 8.42 Å². The minimum Gasteiger partial charge on any atom is -0.492 e. The lowest BCUT2D eigenvalue weighted by Gasteiger charge is -2.44. The summed E-state index contributed by atoms with van der Waals surface area (Å²) in [5.74, 6) is 0.470. The van der Waals surface area contributed by atoms with E-state index in [1.165, 1.54) is 5.56 Å². The van der Waals surface area contributed by atoms with E-state index in [0.29, 0.717) is 25.4 Å². The minimum absolute atomic E-state index is 0.151. The van der Waals surface area contributed by atoms with Crippen molar-refractivity contribution >= 4 is 10.0 Å². The van der Waals surface area contributed by atoms with Crippen LogP contribution in [0.3, 0.4) is 0 Å². The van der Waals surface area contributed by atoms with Gasteiger partial charge in [-0.05, 0) is 38.1 Å². The standard InChI is InChI=1S/C20H28N4O3S/c1-3-24-15-20(16-27-18-6-4-5-7-19(18)28(24,25)26)8-10-23(11-9-20)14-17-12-21-22(2)13-17/h4-7,12-13H,3,8-11,14-16H2,1-2H3. The van der Waals surface area contributed by atoms with Crippen LogP contribution >= 0.6 is 0 Å². The SMILES string of the molecule is CCN1CC2(CCN(Cc3cnn(C)c3)CC2)COc2ccccc2S1(=O)=O. The highest BCUT2D eigenvalue weighted by Crippen LogP contribution is 2.39. The highest BCUT2D eigenvalue weighted by Gasteiger charge is 2.42. The van der Waals surface area contributed by atoms with Gasteiger partial charge < -0.3 is 4.74 Å². The third-order valence-corrected chi connectivity index (χ3v) is 7.91. The van der Waals surface area contributed by atoms with Crippen LogP contribution in [-0.2, 0) is 23.6 Å². The average Bonchev–Trinajstić information content (AvgIpc) is 3.10. The summed E-state index contributed by atoms with van der Waals surface area (Å²) in [4.78, 5) is 2.69. The molecule has 3 heterocycles. The van der Waals surface area contributed by atoms with Gasteiger partial charge in [-0.15, -0.1) is 0 Å². The molecule has 0 amide bonds. The first kappa shape index (κ1) is 19.4. The van der Waals surface area contributed by atoms with Gasteiger partial charge >= 0.3 is 0 Å². The maximum absolute atomic E-state index is 13.2. The van der Waals surface area contributed by atoms with E-state index in [-0.39, 0.29) is 10.3 Å². The number of likely N-dealkylation sites (tertiary alicyclic amines) is 1. The quantitative estimate of drug-likeness (QED) is 0.784. The summed E-state index contributed by atoms with van der Waals surface area (Å²) < 4.78 is 35.9. The molecule has 4 rings (SSSR count). The fraction of sp³-hybridized carbons (Fsp3) is 0.550. The van der Waals surface area contributed by atoms with Crippen molar-refractivity contribution in [3.05, 3.63) is 42.2 Å². The second kappa shape index (κ2) is 7.50. The molecule has 28 heavy (non-hydrogen) atoms. The van der Waals surface area contributed by atoms with Crippen molar-refractivity contribution in [1.82, 2.24) is 19.0 Å². The molecule has 0 saturated carbocycles. The lowest BCUT2D eigenvalue weighted by atomic mass is 9.78. The van der Waals surface area contributed by atoms with Crippen LogP contribution in [0.4, 0.5) is 0 Å². The maximum atomic E-state index is 13.2. The Morgan fingerprint density at radius 3 is 2.64 bits per heavy atom.